The van der Waals surface area contributed by atoms with Crippen molar-refractivity contribution in [1.82, 2.24) is 31.7 Å². The number of carbonyl (C=O) groups excluding carboxylic acids is 6. The molecule has 14 heteroatoms. The first-order chi connectivity index (χ1) is 24.9. The van der Waals surface area contributed by atoms with Gasteiger partial charge in [0.15, 0.2) is 0 Å². The van der Waals surface area contributed by atoms with E-state index < -0.39 is 52.6 Å². The largest absolute Gasteiger partial charge is 0.470 e. The Balaban J connectivity index is 1.36. The fraction of sp³-hybridized carbons (Fsp3) is 0.769. The Kier molecular flexibility index (Phi) is 14.5. The molecule has 1 aromatic heterocycles. The Bertz CT molecular complexity index is 1450. The number of hydrogen-bond donors (Lipinski definition) is 5. The SMILES string of the molecule is CCC[C@H](NC(=O)C[C@H]1CCC[C@H]1CNC(=O)[C@@H](NC(=O)[C@@H](NC(=O)c1cc(OC(C)(C)C)no1)C1CCCCC1)C(C)(C)C)C(=O)C(=O)NC1CC1. The first kappa shape index (κ1) is 41.8. The number of hydrogen-bond acceptors (Lipinski definition) is 9. The normalized spacial score (nSPS) is 21.1. The highest BCUT2D eigenvalue weighted by Gasteiger charge is 2.39. The van der Waals surface area contributed by atoms with Crippen LogP contribution in [0, 0.1) is 23.2 Å². The average Bonchev–Trinajstić information content (AvgIpc) is 3.59. The third kappa shape index (κ3) is 12.8. The van der Waals surface area contributed by atoms with Crippen molar-refractivity contribution in [3.05, 3.63) is 11.8 Å². The molecule has 4 rings (SSSR count). The number of nitrogens with one attached hydrogen (secondary N) is 5. The van der Waals surface area contributed by atoms with E-state index in [1.54, 1.807) is 0 Å². The summed E-state index contributed by atoms with van der Waals surface area (Å²) in [6.07, 6.45) is 9.92. The molecule has 3 aliphatic carbocycles. The van der Waals surface area contributed by atoms with Crippen molar-refractivity contribution in [1.29, 1.82) is 0 Å². The zero-order chi connectivity index (χ0) is 38.9. The molecule has 14 nitrogen and oxygen atoms in total. The van der Waals surface area contributed by atoms with Crippen LogP contribution in [0.2, 0.25) is 0 Å². The molecule has 0 bridgehead atoms. The molecule has 5 atom stereocenters. The Morgan fingerprint density at radius 3 is 2.15 bits per heavy atom. The van der Waals surface area contributed by atoms with Crippen LogP contribution in [0.3, 0.4) is 0 Å². The van der Waals surface area contributed by atoms with E-state index in [2.05, 4.69) is 31.7 Å². The lowest BCUT2D eigenvalue weighted by Crippen LogP contribution is -2.59. The fourth-order valence-electron chi connectivity index (χ4n) is 7.39. The molecule has 5 amide bonds. The minimum Gasteiger partial charge on any atom is -0.470 e. The summed E-state index contributed by atoms with van der Waals surface area (Å²) in [5, 5.41) is 18.3. The molecule has 3 aliphatic rings. The van der Waals surface area contributed by atoms with Gasteiger partial charge in [-0.15, -0.1) is 0 Å². The van der Waals surface area contributed by atoms with Crippen molar-refractivity contribution in [2.24, 2.45) is 23.2 Å². The van der Waals surface area contributed by atoms with Crippen LogP contribution >= 0.6 is 0 Å². The van der Waals surface area contributed by atoms with Gasteiger partial charge >= 0.3 is 0 Å². The van der Waals surface area contributed by atoms with E-state index in [-0.39, 0.29) is 53.7 Å². The second-order valence-electron chi connectivity index (χ2n) is 17.3. The van der Waals surface area contributed by atoms with Gasteiger partial charge in [-0.3, -0.25) is 28.8 Å². The zero-order valence-electron chi connectivity index (χ0n) is 32.7. The Morgan fingerprint density at radius 1 is 0.849 bits per heavy atom. The molecular formula is C39H62N6O8. The molecule has 296 valence electrons. The third-order valence-corrected chi connectivity index (χ3v) is 10.4. The smallest absolute Gasteiger partial charge is 0.290 e. The number of nitrogens with zero attached hydrogens (tertiary/aromatic N) is 1. The highest BCUT2D eigenvalue weighted by molar-refractivity contribution is 6.38. The van der Waals surface area contributed by atoms with Gasteiger partial charge in [-0.2, -0.15) is 0 Å². The quantitative estimate of drug-likeness (QED) is 0.146. The van der Waals surface area contributed by atoms with Crippen molar-refractivity contribution in [3.63, 3.8) is 0 Å². The van der Waals surface area contributed by atoms with Crippen molar-refractivity contribution in [3.8, 4) is 5.88 Å². The van der Waals surface area contributed by atoms with Crippen LogP contribution in [-0.2, 0) is 24.0 Å². The standard InChI is InChI=1S/C39H62N6O8/c1-8-13-27(32(47)36(50)41-26-18-19-26)42-29(46)20-24-16-12-17-25(24)22-40-37(51)33(38(2,3)4)44-35(49)31(23-14-10-9-11-15-23)43-34(48)28-21-30(45-53-28)52-39(5,6)7/h21,23-27,31,33H,8-20,22H2,1-7H3,(H,40,51)(H,41,50)(H,42,46)(H,43,48)(H,44,49)/t24-,25+,27+,31+,33-/m1/s1. The van der Waals surface area contributed by atoms with E-state index in [1.165, 1.54) is 6.07 Å². The molecule has 1 aromatic rings. The van der Waals surface area contributed by atoms with Gasteiger partial charge < -0.3 is 35.8 Å². The molecule has 1 heterocycles. The molecule has 0 aliphatic heterocycles. The summed E-state index contributed by atoms with van der Waals surface area (Å²) < 4.78 is 11.0. The zero-order valence-corrected chi connectivity index (χ0v) is 32.7. The average molecular weight is 743 g/mol. The maximum atomic E-state index is 14.0. The van der Waals surface area contributed by atoms with Crippen molar-refractivity contribution >= 4 is 35.3 Å². The van der Waals surface area contributed by atoms with Crippen molar-refractivity contribution in [2.75, 3.05) is 6.54 Å². The fourth-order valence-corrected chi connectivity index (χ4v) is 7.39. The molecule has 3 fully saturated rings. The predicted octanol–water partition coefficient (Wildman–Crippen LogP) is 4.12. The van der Waals surface area contributed by atoms with Gasteiger partial charge in [-0.1, -0.05) is 59.8 Å². The lowest BCUT2D eigenvalue weighted by molar-refractivity contribution is -0.140. The molecule has 0 saturated heterocycles. The van der Waals surface area contributed by atoms with Gasteiger partial charge in [0.2, 0.25) is 29.3 Å². The number of amides is 5. The van der Waals surface area contributed by atoms with E-state index in [4.69, 9.17) is 9.26 Å². The summed E-state index contributed by atoms with van der Waals surface area (Å²) in [6.45, 7) is 13.4. The van der Waals surface area contributed by atoms with E-state index >= 15 is 0 Å². The minimum absolute atomic E-state index is 0.00746. The second kappa shape index (κ2) is 18.4. The van der Waals surface area contributed by atoms with Crippen LogP contribution in [0.15, 0.2) is 10.6 Å². The summed E-state index contributed by atoms with van der Waals surface area (Å²) in [5.41, 5.74) is -1.20. The minimum atomic E-state index is -0.902. The van der Waals surface area contributed by atoms with Crippen molar-refractivity contribution < 1.29 is 38.0 Å². The molecule has 53 heavy (non-hydrogen) atoms. The Morgan fingerprint density at radius 2 is 1.53 bits per heavy atom. The molecule has 0 aromatic carbocycles. The molecule has 0 unspecified atom stereocenters. The van der Waals surface area contributed by atoms with Gasteiger partial charge in [0, 0.05) is 19.0 Å². The molecule has 0 spiro atoms. The summed E-state index contributed by atoms with van der Waals surface area (Å²) in [5.74, 6) is -2.91. The van der Waals surface area contributed by atoms with E-state index in [0.29, 0.717) is 19.4 Å². The Hall–Kier alpha value is -3.97. The summed E-state index contributed by atoms with van der Waals surface area (Å²) in [7, 11) is 0. The number of Topliss-reactive ketones (excluding diaryl/α,β-unsaturated/α-hetero) is 1. The topological polar surface area (TPSA) is 198 Å². The lowest BCUT2D eigenvalue weighted by Gasteiger charge is -2.35. The summed E-state index contributed by atoms with van der Waals surface area (Å²) in [6, 6.07) is -1.20. The molecule has 5 N–H and O–H groups in total. The number of carbonyl (C=O) groups is 6. The van der Waals surface area contributed by atoms with Crippen LogP contribution in [0.1, 0.15) is 142 Å². The maximum Gasteiger partial charge on any atom is 0.290 e. The molecule has 3 saturated carbocycles. The van der Waals surface area contributed by atoms with Gasteiger partial charge in [0.05, 0.1) is 12.1 Å². The Labute approximate surface area is 313 Å². The van der Waals surface area contributed by atoms with Crippen LogP contribution in [0.4, 0.5) is 0 Å². The second-order valence-corrected chi connectivity index (χ2v) is 17.3. The van der Waals surface area contributed by atoms with Crippen LogP contribution in [0.5, 0.6) is 5.88 Å². The number of aromatic nitrogens is 1. The number of rotatable bonds is 17. The number of ether oxygens (including phenoxy) is 1. The predicted molar refractivity (Wildman–Crippen MR) is 198 cm³/mol. The monoisotopic (exact) mass is 742 g/mol. The van der Waals surface area contributed by atoms with E-state index in [9.17, 15) is 28.8 Å². The molecular weight excluding hydrogens is 680 g/mol. The van der Waals surface area contributed by atoms with Gasteiger partial charge in [0.1, 0.15) is 17.7 Å². The van der Waals surface area contributed by atoms with E-state index in [1.807, 2.05) is 48.5 Å². The van der Waals surface area contributed by atoms with Crippen molar-refractivity contribution in [2.45, 2.75) is 162 Å². The summed E-state index contributed by atoms with van der Waals surface area (Å²) >= 11 is 0. The van der Waals surface area contributed by atoms with Gasteiger partial charge in [-0.25, -0.2) is 0 Å². The summed E-state index contributed by atoms with van der Waals surface area (Å²) in [4.78, 5) is 79.4. The van der Waals surface area contributed by atoms with Gasteiger partial charge in [-0.05, 0) is 94.0 Å². The highest BCUT2D eigenvalue weighted by atomic mass is 16.6. The van der Waals surface area contributed by atoms with Crippen LogP contribution in [-0.4, -0.2) is 76.8 Å². The molecule has 0 radical (unpaired) electrons. The van der Waals surface area contributed by atoms with Crippen LogP contribution < -0.4 is 31.3 Å². The lowest BCUT2D eigenvalue weighted by atomic mass is 9.82. The third-order valence-electron chi connectivity index (χ3n) is 10.4. The number of ketones is 1. The van der Waals surface area contributed by atoms with Crippen LogP contribution in [0.25, 0.3) is 0 Å². The first-order valence-corrected chi connectivity index (χ1v) is 19.6. The first-order valence-electron chi connectivity index (χ1n) is 19.6. The van der Waals surface area contributed by atoms with E-state index in [0.717, 1.165) is 64.2 Å². The maximum absolute atomic E-state index is 14.0. The highest BCUT2D eigenvalue weighted by Crippen LogP contribution is 2.34. The van der Waals surface area contributed by atoms with Gasteiger partial charge in [0.25, 0.3) is 17.7 Å².